The highest BCUT2D eigenvalue weighted by molar-refractivity contribution is 9.10. The first kappa shape index (κ1) is 25.4. The van der Waals surface area contributed by atoms with Gasteiger partial charge in [0.25, 0.3) is 5.56 Å². The van der Waals surface area contributed by atoms with Crippen molar-refractivity contribution in [3.05, 3.63) is 84.9 Å². The molecule has 0 aliphatic heterocycles. The number of H-pyrrole nitrogens is 2. The molecule has 13 heteroatoms. The second kappa shape index (κ2) is 9.72. The summed E-state index contributed by atoms with van der Waals surface area (Å²) in [7, 11) is 0. The van der Waals surface area contributed by atoms with E-state index in [1.807, 2.05) is 4.98 Å². The molecule has 188 valence electrons. The molecule has 1 amide bonds. The standard InChI is InChI=1S/C23H19BrF3N5O4/c24-12-1-4-16(15(7-12)23(25,26)27)30-14-3-2-13(28-11-14)10-29-20(35)22(5-6-22)9-18(33)17-8-19(34)32-21(36)31-17/h1-4,7-8,11,30H,5-6,9-10H2,(H,29,35)(H2,31,32,34,36). The number of rotatable bonds is 8. The number of amides is 1. The van der Waals surface area contributed by atoms with Gasteiger partial charge in [-0.15, -0.1) is 0 Å². The van der Waals surface area contributed by atoms with Crippen LogP contribution in [0.15, 0.2) is 56.7 Å². The summed E-state index contributed by atoms with van der Waals surface area (Å²) in [5.41, 5.74) is -2.78. The molecule has 0 atom stereocenters. The number of hydrogen-bond acceptors (Lipinski definition) is 6. The lowest BCUT2D eigenvalue weighted by Crippen LogP contribution is -2.34. The quantitative estimate of drug-likeness (QED) is 0.308. The molecular formula is C23H19BrF3N5O4. The number of nitrogens with one attached hydrogen (secondary N) is 4. The molecule has 4 rings (SSSR count). The van der Waals surface area contributed by atoms with Gasteiger partial charge in [-0.2, -0.15) is 13.2 Å². The molecule has 3 aromatic rings. The van der Waals surface area contributed by atoms with Crippen molar-refractivity contribution in [3.8, 4) is 0 Å². The van der Waals surface area contributed by atoms with E-state index >= 15 is 0 Å². The van der Waals surface area contributed by atoms with E-state index in [4.69, 9.17) is 0 Å². The second-order valence-corrected chi connectivity index (χ2v) is 9.33. The predicted octanol–water partition coefficient (Wildman–Crippen LogP) is 3.65. The number of benzene rings is 1. The monoisotopic (exact) mass is 565 g/mol. The number of Topliss-reactive ketones (excluding diaryl/α,β-unsaturated/α-hetero) is 1. The zero-order chi connectivity index (χ0) is 26.1. The number of alkyl halides is 3. The summed E-state index contributed by atoms with van der Waals surface area (Å²) in [6, 6.07) is 7.84. The van der Waals surface area contributed by atoms with E-state index < -0.39 is 34.2 Å². The summed E-state index contributed by atoms with van der Waals surface area (Å²) in [6.07, 6.45) is -2.41. The lowest BCUT2D eigenvalue weighted by Gasteiger charge is -2.16. The smallest absolute Gasteiger partial charge is 0.354 e. The number of nitrogens with zero attached hydrogens (tertiary/aromatic N) is 1. The van der Waals surface area contributed by atoms with Crippen molar-refractivity contribution in [2.45, 2.75) is 32.0 Å². The Kier molecular flexibility index (Phi) is 6.85. The van der Waals surface area contributed by atoms with E-state index in [0.717, 1.165) is 12.1 Å². The van der Waals surface area contributed by atoms with Crippen LogP contribution in [0.2, 0.25) is 0 Å². The van der Waals surface area contributed by atoms with Crippen molar-refractivity contribution in [1.29, 1.82) is 0 Å². The van der Waals surface area contributed by atoms with Crippen molar-refractivity contribution in [1.82, 2.24) is 20.3 Å². The minimum absolute atomic E-state index is 0.0446. The molecule has 2 aromatic heterocycles. The summed E-state index contributed by atoms with van der Waals surface area (Å²) in [4.78, 5) is 56.4. The molecule has 1 aromatic carbocycles. The zero-order valence-electron chi connectivity index (χ0n) is 18.5. The maximum Gasteiger partial charge on any atom is 0.418 e. The average Bonchev–Trinajstić information content (AvgIpc) is 3.59. The number of aromatic nitrogens is 3. The van der Waals surface area contributed by atoms with Crippen LogP contribution >= 0.6 is 15.9 Å². The van der Waals surface area contributed by atoms with Crippen molar-refractivity contribution in [2.75, 3.05) is 5.32 Å². The van der Waals surface area contributed by atoms with Gasteiger partial charge in [-0.05, 0) is 43.2 Å². The van der Waals surface area contributed by atoms with Gasteiger partial charge in [0.2, 0.25) is 5.91 Å². The van der Waals surface area contributed by atoms with Gasteiger partial charge < -0.3 is 15.6 Å². The molecule has 1 aliphatic rings. The number of ketones is 1. The van der Waals surface area contributed by atoms with E-state index in [2.05, 4.69) is 36.5 Å². The number of carbonyl (C=O) groups is 2. The minimum atomic E-state index is -4.55. The summed E-state index contributed by atoms with van der Waals surface area (Å²) >= 11 is 3.04. The molecule has 0 saturated heterocycles. The van der Waals surface area contributed by atoms with Crippen LogP contribution in [-0.2, 0) is 17.5 Å². The van der Waals surface area contributed by atoms with Gasteiger partial charge >= 0.3 is 11.9 Å². The lowest BCUT2D eigenvalue weighted by atomic mass is 9.96. The number of hydrogen-bond donors (Lipinski definition) is 4. The fourth-order valence-corrected chi connectivity index (χ4v) is 3.99. The number of pyridine rings is 1. The van der Waals surface area contributed by atoms with Crippen molar-refractivity contribution >= 4 is 39.0 Å². The third kappa shape index (κ3) is 5.90. The molecule has 36 heavy (non-hydrogen) atoms. The molecule has 1 aliphatic carbocycles. The van der Waals surface area contributed by atoms with E-state index in [-0.39, 0.29) is 30.3 Å². The van der Waals surface area contributed by atoms with Crippen LogP contribution in [0, 0.1) is 5.41 Å². The van der Waals surface area contributed by atoms with Crippen molar-refractivity contribution in [2.24, 2.45) is 5.41 Å². The van der Waals surface area contributed by atoms with Gasteiger partial charge in [0.15, 0.2) is 5.78 Å². The summed E-state index contributed by atoms with van der Waals surface area (Å²) in [6.45, 7) is 0.0446. The minimum Gasteiger partial charge on any atom is -0.354 e. The molecular weight excluding hydrogens is 547 g/mol. The van der Waals surface area contributed by atoms with Gasteiger partial charge in [0.1, 0.15) is 0 Å². The Hall–Kier alpha value is -3.74. The number of aromatic amines is 2. The summed E-state index contributed by atoms with van der Waals surface area (Å²) in [5.74, 6) is -0.887. The lowest BCUT2D eigenvalue weighted by molar-refractivity contribution is -0.137. The van der Waals surface area contributed by atoms with Crippen LogP contribution in [0.4, 0.5) is 24.5 Å². The Labute approximate surface area is 209 Å². The third-order valence-corrected chi connectivity index (χ3v) is 6.21. The van der Waals surface area contributed by atoms with Gasteiger partial charge in [0.05, 0.1) is 46.5 Å². The molecule has 0 spiro atoms. The van der Waals surface area contributed by atoms with E-state index in [9.17, 15) is 32.3 Å². The van der Waals surface area contributed by atoms with Crippen LogP contribution in [0.3, 0.4) is 0 Å². The molecule has 0 radical (unpaired) electrons. The number of halogens is 4. The first-order valence-corrected chi connectivity index (χ1v) is 11.5. The third-order valence-electron chi connectivity index (χ3n) is 5.72. The van der Waals surface area contributed by atoms with Gasteiger partial charge in [-0.25, -0.2) is 4.79 Å². The SMILES string of the molecule is O=C(CC1(C(=O)NCc2ccc(Nc3ccc(Br)cc3C(F)(F)F)cn2)CC1)c1cc(=O)[nH]c(=O)[nH]1. The second-order valence-electron chi connectivity index (χ2n) is 8.42. The van der Waals surface area contributed by atoms with Crippen LogP contribution in [0.5, 0.6) is 0 Å². The van der Waals surface area contributed by atoms with Crippen LogP contribution in [0.1, 0.15) is 41.0 Å². The highest BCUT2D eigenvalue weighted by atomic mass is 79.9. The van der Waals surface area contributed by atoms with Gasteiger partial charge in [-0.1, -0.05) is 15.9 Å². The molecule has 2 heterocycles. The number of carbonyl (C=O) groups excluding carboxylic acids is 2. The molecule has 1 saturated carbocycles. The fraction of sp³-hybridized carbons (Fsp3) is 0.261. The average molecular weight is 566 g/mol. The summed E-state index contributed by atoms with van der Waals surface area (Å²) in [5, 5.41) is 5.42. The maximum atomic E-state index is 13.3. The Bertz CT molecular complexity index is 1400. The molecule has 0 bridgehead atoms. The first-order chi connectivity index (χ1) is 16.9. The topological polar surface area (TPSA) is 137 Å². The van der Waals surface area contributed by atoms with Crippen molar-refractivity contribution < 1.29 is 22.8 Å². The molecule has 9 nitrogen and oxygen atoms in total. The molecule has 0 unspecified atom stereocenters. The molecule has 4 N–H and O–H groups in total. The Morgan fingerprint density at radius 3 is 2.44 bits per heavy atom. The van der Waals surface area contributed by atoms with Crippen LogP contribution in [0.25, 0.3) is 0 Å². The summed E-state index contributed by atoms with van der Waals surface area (Å²) < 4.78 is 40.2. The predicted molar refractivity (Wildman–Crippen MR) is 127 cm³/mol. The van der Waals surface area contributed by atoms with Gasteiger partial charge in [-0.3, -0.25) is 24.4 Å². The highest BCUT2D eigenvalue weighted by Gasteiger charge is 2.51. The van der Waals surface area contributed by atoms with E-state index in [0.29, 0.717) is 28.7 Å². The normalized spacial score (nSPS) is 14.2. The number of anilines is 2. The van der Waals surface area contributed by atoms with E-state index in [1.54, 1.807) is 6.07 Å². The fourth-order valence-electron chi connectivity index (χ4n) is 3.63. The first-order valence-electron chi connectivity index (χ1n) is 10.7. The van der Waals surface area contributed by atoms with Gasteiger partial charge in [0, 0.05) is 17.0 Å². The largest absolute Gasteiger partial charge is 0.418 e. The van der Waals surface area contributed by atoms with Crippen LogP contribution in [-0.4, -0.2) is 26.6 Å². The van der Waals surface area contributed by atoms with E-state index in [1.165, 1.54) is 24.4 Å². The Morgan fingerprint density at radius 1 is 1.08 bits per heavy atom. The maximum absolute atomic E-state index is 13.3. The highest BCUT2D eigenvalue weighted by Crippen LogP contribution is 2.49. The van der Waals surface area contributed by atoms with Crippen LogP contribution < -0.4 is 21.9 Å². The Balaban J connectivity index is 1.36. The van der Waals surface area contributed by atoms with Crippen molar-refractivity contribution in [3.63, 3.8) is 0 Å². The Morgan fingerprint density at radius 2 is 1.83 bits per heavy atom. The molecule has 1 fully saturated rings. The zero-order valence-corrected chi connectivity index (χ0v) is 20.0.